The first kappa shape index (κ1) is 20.8. The highest BCUT2D eigenvalue weighted by Gasteiger charge is 2.29. The number of hydrogen-bond acceptors (Lipinski definition) is 1. The molecule has 3 aromatic carbocycles. The van der Waals surface area contributed by atoms with Gasteiger partial charge >= 0.3 is 0 Å². The second kappa shape index (κ2) is 8.72. The summed E-state index contributed by atoms with van der Waals surface area (Å²) in [5.41, 5.74) is 2.67. The largest absolute Gasteiger partial charge is 0.289 e. The van der Waals surface area contributed by atoms with Gasteiger partial charge in [-0.3, -0.25) is 4.79 Å². The maximum atomic E-state index is 13.6. The Bertz CT molecular complexity index is 1120. The average Bonchev–Trinajstić information content (AvgIpc) is 2.76. The van der Waals surface area contributed by atoms with Gasteiger partial charge in [-0.15, -0.1) is 0 Å². The summed E-state index contributed by atoms with van der Waals surface area (Å²) in [7, 11) is 0. The van der Waals surface area contributed by atoms with E-state index in [-0.39, 0.29) is 11.7 Å². The van der Waals surface area contributed by atoms with Gasteiger partial charge in [0.25, 0.3) is 0 Å². The second-order valence-corrected chi connectivity index (χ2v) is 7.53. The van der Waals surface area contributed by atoms with Crippen LogP contribution in [0.15, 0.2) is 77.9 Å². The number of carbonyl (C=O) groups is 1. The maximum absolute atomic E-state index is 13.6. The number of ketones is 1. The molecule has 0 amide bonds. The lowest BCUT2D eigenvalue weighted by Crippen LogP contribution is -2.19. The number of hydrogen-bond donors (Lipinski definition) is 0. The molecule has 1 fully saturated rings. The lowest BCUT2D eigenvalue weighted by molar-refractivity contribution is -0.113. The standard InChI is InChI=1S/C26H18F4O/c27-22-8-6-16(12-24(22)29)10-20-14-19(18-4-2-1-3-5-18)15-21(26(20)31)11-17-7-9-23(28)25(30)13-17/h1-13,19H,14-15H2/b20-10+,21-11+. The lowest BCUT2D eigenvalue weighted by atomic mass is 9.77. The van der Waals surface area contributed by atoms with E-state index < -0.39 is 23.3 Å². The lowest BCUT2D eigenvalue weighted by Gasteiger charge is -2.26. The smallest absolute Gasteiger partial charge is 0.185 e. The Morgan fingerprint density at radius 1 is 0.645 bits per heavy atom. The Hall–Kier alpha value is -3.47. The van der Waals surface area contributed by atoms with Crippen LogP contribution in [0.1, 0.15) is 35.4 Å². The average molecular weight is 422 g/mol. The van der Waals surface area contributed by atoms with Gasteiger partial charge in [0, 0.05) is 11.1 Å². The molecule has 156 valence electrons. The van der Waals surface area contributed by atoms with E-state index in [0.717, 1.165) is 29.8 Å². The van der Waals surface area contributed by atoms with Crippen LogP contribution in [0, 0.1) is 23.3 Å². The fourth-order valence-corrected chi connectivity index (χ4v) is 3.81. The SMILES string of the molecule is O=C1/C(=C/c2ccc(F)c(F)c2)CC(c2ccccc2)C/C1=C\c1ccc(F)c(F)c1. The van der Waals surface area contributed by atoms with Crippen LogP contribution in [0.4, 0.5) is 17.6 Å². The summed E-state index contributed by atoms with van der Waals surface area (Å²) >= 11 is 0. The van der Waals surface area contributed by atoms with E-state index in [0.29, 0.717) is 35.1 Å². The Morgan fingerprint density at radius 2 is 1.13 bits per heavy atom. The van der Waals surface area contributed by atoms with E-state index in [1.54, 1.807) is 12.2 Å². The predicted molar refractivity (Wildman–Crippen MR) is 112 cm³/mol. The molecule has 0 radical (unpaired) electrons. The fraction of sp³-hybridized carbons (Fsp3) is 0.115. The minimum Gasteiger partial charge on any atom is -0.289 e. The molecule has 0 saturated heterocycles. The van der Waals surface area contributed by atoms with Crippen molar-refractivity contribution in [1.29, 1.82) is 0 Å². The second-order valence-electron chi connectivity index (χ2n) is 7.53. The van der Waals surface area contributed by atoms with Crippen molar-refractivity contribution in [3.8, 4) is 0 Å². The van der Waals surface area contributed by atoms with Crippen LogP contribution in [-0.2, 0) is 4.79 Å². The minimum absolute atomic E-state index is 0.0213. The van der Waals surface area contributed by atoms with Crippen molar-refractivity contribution >= 4 is 17.9 Å². The van der Waals surface area contributed by atoms with Gasteiger partial charge in [-0.1, -0.05) is 42.5 Å². The Morgan fingerprint density at radius 3 is 1.58 bits per heavy atom. The van der Waals surface area contributed by atoms with Crippen LogP contribution in [0.5, 0.6) is 0 Å². The maximum Gasteiger partial charge on any atom is 0.185 e. The van der Waals surface area contributed by atoms with Gasteiger partial charge in [0.1, 0.15) is 0 Å². The van der Waals surface area contributed by atoms with Gasteiger partial charge in [-0.2, -0.15) is 0 Å². The van der Waals surface area contributed by atoms with Gasteiger partial charge < -0.3 is 0 Å². The minimum atomic E-state index is -0.991. The van der Waals surface area contributed by atoms with Gasteiger partial charge in [-0.05, 0) is 71.9 Å². The summed E-state index contributed by atoms with van der Waals surface area (Å²) in [5.74, 6) is -4.17. The third-order valence-corrected chi connectivity index (χ3v) is 5.36. The molecule has 1 nitrogen and oxygen atoms in total. The van der Waals surface area contributed by atoms with Crippen molar-refractivity contribution in [2.75, 3.05) is 0 Å². The quantitative estimate of drug-likeness (QED) is 0.333. The zero-order valence-corrected chi connectivity index (χ0v) is 16.4. The molecule has 0 heterocycles. The highest BCUT2D eigenvalue weighted by Crippen LogP contribution is 2.38. The Labute approximate surface area is 177 Å². The van der Waals surface area contributed by atoms with Crippen molar-refractivity contribution in [3.63, 3.8) is 0 Å². The van der Waals surface area contributed by atoms with Crippen LogP contribution in [-0.4, -0.2) is 5.78 Å². The molecule has 0 N–H and O–H groups in total. The molecule has 1 aliphatic rings. The van der Waals surface area contributed by atoms with Crippen molar-refractivity contribution in [2.24, 2.45) is 0 Å². The van der Waals surface area contributed by atoms with Crippen LogP contribution in [0.25, 0.3) is 12.2 Å². The van der Waals surface area contributed by atoms with Crippen molar-refractivity contribution < 1.29 is 22.4 Å². The summed E-state index contributed by atoms with van der Waals surface area (Å²) in [5, 5.41) is 0. The molecule has 4 rings (SSSR count). The normalized spacial score (nSPS) is 19.2. The van der Waals surface area contributed by atoms with Crippen molar-refractivity contribution in [1.82, 2.24) is 0 Å². The van der Waals surface area contributed by atoms with Crippen LogP contribution in [0.3, 0.4) is 0 Å². The number of benzene rings is 3. The Kier molecular flexibility index (Phi) is 5.85. The van der Waals surface area contributed by atoms with Gasteiger partial charge in [-0.25, -0.2) is 17.6 Å². The number of allylic oxidation sites excluding steroid dienone is 2. The van der Waals surface area contributed by atoms with Crippen LogP contribution < -0.4 is 0 Å². The molecule has 0 aliphatic heterocycles. The predicted octanol–water partition coefficient (Wildman–Crippen LogP) is 6.86. The topological polar surface area (TPSA) is 17.1 Å². The zero-order chi connectivity index (χ0) is 22.0. The number of Topliss-reactive ketones (excluding diaryl/α,β-unsaturated/α-hetero) is 1. The molecule has 1 saturated carbocycles. The highest BCUT2D eigenvalue weighted by molar-refractivity contribution is 6.14. The molecular formula is C26H18F4O. The molecule has 0 unspecified atom stereocenters. The third kappa shape index (κ3) is 4.66. The fourth-order valence-electron chi connectivity index (χ4n) is 3.81. The first-order valence-electron chi connectivity index (χ1n) is 9.81. The molecule has 3 aromatic rings. The van der Waals surface area contributed by atoms with Gasteiger partial charge in [0.15, 0.2) is 29.1 Å². The van der Waals surface area contributed by atoms with Gasteiger partial charge in [0.05, 0.1) is 0 Å². The number of rotatable bonds is 3. The molecule has 1 aliphatic carbocycles. The van der Waals surface area contributed by atoms with Crippen molar-refractivity contribution in [3.05, 3.63) is 118 Å². The molecule has 5 heteroatoms. The molecule has 0 bridgehead atoms. The number of carbonyl (C=O) groups excluding carboxylic acids is 1. The number of halogens is 4. The van der Waals surface area contributed by atoms with E-state index in [9.17, 15) is 22.4 Å². The molecule has 31 heavy (non-hydrogen) atoms. The highest BCUT2D eigenvalue weighted by atomic mass is 19.2. The van der Waals surface area contributed by atoms with E-state index >= 15 is 0 Å². The van der Waals surface area contributed by atoms with E-state index in [2.05, 4.69) is 0 Å². The first-order chi connectivity index (χ1) is 14.9. The molecule has 0 spiro atoms. The van der Waals surface area contributed by atoms with E-state index in [4.69, 9.17) is 0 Å². The summed E-state index contributed by atoms with van der Waals surface area (Å²) in [6, 6.07) is 16.6. The van der Waals surface area contributed by atoms with E-state index in [1.165, 1.54) is 12.1 Å². The summed E-state index contributed by atoms with van der Waals surface area (Å²) in [6.45, 7) is 0. The summed E-state index contributed by atoms with van der Waals surface area (Å²) in [6.07, 6.45) is 3.96. The van der Waals surface area contributed by atoms with Crippen LogP contribution >= 0.6 is 0 Å². The van der Waals surface area contributed by atoms with E-state index in [1.807, 2.05) is 30.3 Å². The summed E-state index contributed by atoms with van der Waals surface area (Å²) in [4.78, 5) is 13.1. The van der Waals surface area contributed by atoms with Gasteiger partial charge in [0.2, 0.25) is 0 Å². The molecule has 0 aromatic heterocycles. The van der Waals surface area contributed by atoms with Crippen molar-refractivity contribution in [2.45, 2.75) is 18.8 Å². The monoisotopic (exact) mass is 422 g/mol. The first-order valence-corrected chi connectivity index (χ1v) is 9.81. The Balaban J connectivity index is 1.76. The third-order valence-electron chi connectivity index (χ3n) is 5.36. The summed E-state index contributed by atoms with van der Waals surface area (Å²) < 4.78 is 53.8. The molecular weight excluding hydrogens is 404 g/mol. The zero-order valence-electron chi connectivity index (χ0n) is 16.4. The van der Waals surface area contributed by atoms with Crippen LogP contribution in [0.2, 0.25) is 0 Å². The molecule has 0 atom stereocenters.